The molecule has 1 fully saturated rings. The largest absolute Gasteiger partial charge is 0.465 e. The van der Waals surface area contributed by atoms with Gasteiger partial charge in [-0.05, 0) is 53.0 Å². The molecule has 0 spiro atoms. The first kappa shape index (κ1) is 16.4. The van der Waals surface area contributed by atoms with E-state index in [0.717, 1.165) is 25.9 Å². The second-order valence-corrected chi connectivity index (χ2v) is 5.66. The maximum absolute atomic E-state index is 11.9. The van der Waals surface area contributed by atoms with Gasteiger partial charge in [-0.3, -0.25) is 4.79 Å². The molecule has 1 saturated carbocycles. The van der Waals surface area contributed by atoms with Crippen molar-refractivity contribution < 1.29 is 9.53 Å². The topological polar surface area (TPSA) is 41.6 Å². The summed E-state index contributed by atoms with van der Waals surface area (Å²) in [6.45, 7) is 11.0. The third-order valence-electron chi connectivity index (χ3n) is 3.53. The first-order valence-electron chi connectivity index (χ1n) is 7.75. The summed E-state index contributed by atoms with van der Waals surface area (Å²) in [6.07, 6.45) is 4.38. The number of hydrogen-bond acceptors (Lipinski definition) is 4. The van der Waals surface area contributed by atoms with Gasteiger partial charge in [0.25, 0.3) is 0 Å². The maximum atomic E-state index is 11.9. The minimum Gasteiger partial charge on any atom is -0.465 e. The molecule has 19 heavy (non-hydrogen) atoms. The second-order valence-electron chi connectivity index (χ2n) is 5.66. The summed E-state index contributed by atoms with van der Waals surface area (Å²) in [7, 11) is 0. The molecule has 1 atom stereocenters. The number of nitrogens with zero attached hydrogens (tertiary/aromatic N) is 1. The van der Waals surface area contributed by atoms with Gasteiger partial charge in [-0.15, -0.1) is 0 Å². The van der Waals surface area contributed by atoms with E-state index in [2.05, 4.69) is 31.0 Å². The molecule has 1 aliphatic carbocycles. The molecule has 112 valence electrons. The van der Waals surface area contributed by atoms with Gasteiger partial charge in [-0.2, -0.15) is 0 Å². The Bertz CT molecular complexity index is 265. The van der Waals surface area contributed by atoms with E-state index in [9.17, 15) is 4.79 Å². The molecule has 1 N–H and O–H groups in total. The zero-order valence-corrected chi connectivity index (χ0v) is 12.9. The second kappa shape index (κ2) is 8.54. The zero-order valence-electron chi connectivity index (χ0n) is 12.9. The van der Waals surface area contributed by atoms with Crippen LogP contribution < -0.4 is 5.32 Å². The summed E-state index contributed by atoms with van der Waals surface area (Å²) in [5.41, 5.74) is 0. The van der Waals surface area contributed by atoms with Crippen molar-refractivity contribution in [2.75, 3.05) is 19.7 Å². The lowest BCUT2D eigenvalue weighted by Crippen LogP contribution is -2.43. The van der Waals surface area contributed by atoms with E-state index in [1.54, 1.807) is 0 Å². The Morgan fingerprint density at radius 1 is 1.32 bits per heavy atom. The van der Waals surface area contributed by atoms with Crippen molar-refractivity contribution in [2.24, 2.45) is 0 Å². The van der Waals surface area contributed by atoms with Gasteiger partial charge in [0.05, 0.1) is 6.61 Å². The molecule has 0 aromatic rings. The molecule has 4 nitrogen and oxygen atoms in total. The Kier molecular flexibility index (Phi) is 7.39. The molecular weight excluding hydrogens is 240 g/mol. The highest BCUT2D eigenvalue weighted by molar-refractivity contribution is 5.75. The lowest BCUT2D eigenvalue weighted by Gasteiger charge is -2.27. The van der Waals surface area contributed by atoms with Crippen LogP contribution in [0.25, 0.3) is 0 Å². The Labute approximate surface area is 117 Å². The van der Waals surface area contributed by atoms with Gasteiger partial charge in [0, 0.05) is 18.6 Å². The highest BCUT2D eigenvalue weighted by Crippen LogP contribution is 2.20. The lowest BCUT2D eigenvalue weighted by molar-refractivity contribution is -0.146. The third kappa shape index (κ3) is 6.39. The number of hydrogen-bond donors (Lipinski definition) is 1. The van der Waals surface area contributed by atoms with Crippen molar-refractivity contribution in [1.82, 2.24) is 10.2 Å². The first-order chi connectivity index (χ1) is 9.08. The molecule has 1 rings (SSSR count). The quantitative estimate of drug-likeness (QED) is 0.618. The third-order valence-corrected chi connectivity index (χ3v) is 3.53. The molecule has 0 radical (unpaired) electrons. The number of nitrogens with one attached hydrogen (secondary N) is 1. The van der Waals surface area contributed by atoms with Crippen LogP contribution in [-0.4, -0.2) is 48.7 Å². The molecule has 0 aromatic heterocycles. The highest BCUT2D eigenvalue weighted by Gasteiger charge is 2.29. The van der Waals surface area contributed by atoms with E-state index in [0.29, 0.717) is 18.7 Å². The van der Waals surface area contributed by atoms with Crippen molar-refractivity contribution in [3.63, 3.8) is 0 Å². The minimum atomic E-state index is -0.134. The number of rotatable bonds is 10. The highest BCUT2D eigenvalue weighted by atomic mass is 16.5. The molecule has 0 aliphatic heterocycles. The standard InChI is InChI=1S/C15H30N2O2/c1-5-10-17(12(3)4)11-9-14(15(18)19-6-2)16-13-7-8-13/h12-14,16H,5-11H2,1-4H3. The fraction of sp³-hybridized carbons (Fsp3) is 0.933. The van der Waals surface area contributed by atoms with E-state index in [1.165, 1.54) is 12.8 Å². The predicted molar refractivity (Wildman–Crippen MR) is 78.2 cm³/mol. The smallest absolute Gasteiger partial charge is 0.323 e. The van der Waals surface area contributed by atoms with Crippen molar-refractivity contribution in [2.45, 2.75) is 71.5 Å². The van der Waals surface area contributed by atoms with Crippen LogP contribution in [0.5, 0.6) is 0 Å². The first-order valence-corrected chi connectivity index (χ1v) is 7.75. The summed E-state index contributed by atoms with van der Waals surface area (Å²) in [6, 6.07) is 0.933. The molecule has 1 aliphatic rings. The molecule has 0 bridgehead atoms. The number of ether oxygens (including phenoxy) is 1. The Morgan fingerprint density at radius 2 is 2.00 bits per heavy atom. The van der Waals surface area contributed by atoms with E-state index in [-0.39, 0.29) is 12.0 Å². The van der Waals surface area contributed by atoms with E-state index in [4.69, 9.17) is 4.74 Å². The van der Waals surface area contributed by atoms with Crippen LogP contribution in [0.4, 0.5) is 0 Å². The van der Waals surface area contributed by atoms with Gasteiger partial charge in [-0.1, -0.05) is 6.92 Å². The van der Waals surface area contributed by atoms with Crippen LogP contribution in [0.1, 0.15) is 53.4 Å². The summed E-state index contributed by atoms with van der Waals surface area (Å²) in [5.74, 6) is -0.0883. The average molecular weight is 270 g/mol. The molecule has 0 saturated heterocycles. The van der Waals surface area contributed by atoms with Crippen LogP contribution in [0, 0.1) is 0 Å². The molecule has 0 aromatic carbocycles. The van der Waals surface area contributed by atoms with E-state index < -0.39 is 0 Å². The molecule has 1 unspecified atom stereocenters. The molecule has 0 amide bonds. The van der Waals surface area contributed by atoms with Crippen LogP contribution >= 0.6 is 0 Å². The van der Waals surface area contributed by atoms with Gasteiger partial charge >= 0.3 is 5.97 Å². The van der Waals surface area contributed by atoms with Crippen molar-refractivity contribution >= 4 is 5.97 Å². The minimum absolute atomic E-state index is 0.0883. The number of carbonyl (C=O) groups is 1. The van der Waals surface area contributed by atoms with E-state index in [1.807, 2.05) is 6.92 Å². The Morgan fingerprint density at radius 3 is 2.47 bits per heavy atom. The van der Waals surface area contributed by atoms with Gasteiger partial charge in [-0.25, -0.2) is 0 Å². The van der Waals surface area contributed by atoms with Crippen molar-refractivity contribution in [1.29, 1.82) is 0 Å². The fourth-order valence-electron chi connectivity index (χ4n) is 2.26. The Hall–Kier alpha value is -0.610. The van der Waals surface area contributed by atoms with Gasteiger partial charge in [0.1, 0.15) is 6.04 Å². The normalized spacial score (nSPS) is 16.9. The van der Waals surface area contributed by atoms with Gasteiger partial charge in [0.15, 0.2) is 0 Å². The maximum Gasteiger partial charge on any atom is 0.323 e. The van der Waals surface area contributed by atoms with Crippen molar-refractivity contribution in [3.8, 4) is 0 Å². The average Bonchev–Trinajstić information content (AvgIpc) is 3.16. The van der Waals surface area contributed by atoms with E-state index >= 15 is 0 Å². The van der Waals surface area contributed by atoms with Crippen LogP contribution in [0.2, 0.25) is 0 Å². The van der Waals surface area contributed by atoms with Crippen molar-refractivity contribution in [3.05, 3.63) is 0 Å². The number of esters is 1. The molecule has 4 heteroatoms. The van der Waals surface area contributed by atoms with Crippen LogP contribution in [0.3, 0.4) is 0 Å². The number of carbonyl (C=O) groups excluding carboxylic acids is 1. The zero-order chi connectivity index (χ0) is 14.3. The molecular formula is C15H30N2O2. The van der Waals surface area contributed by atoms with Crippen LogP contribution in [-0.2, 0) is 9.53 Å². The lowest BCUT2D eigenvalue weighted by atomic mass is 10.1. The summed E-state index contributed by atoms with van der Waals surface area (Å²) >= 11 is 0. The summed E-state index contributed by atoms with van der Waals surface area (Å²) in [5, 5.41) is 3.41. The summed E-state index contributed by atoms with van der Waals surface area (Å²) < 4.78 is 5.17. The molecule has 0 heterocycles. The summed E-state index contributed by atoms with van der Waals surface area (Å²) in [4.78, 5) is 14.4. The Balaban J connectivity index is 2.43. The van der Waals surface area contributed by atoms with Crippen LogP contribution in [0.15, 0.2) is 0 Å². The predicted octanol–water partition coefficient (Wildman–Crippen LogP) is 2.18. The fourth-order valence-corrected chi connectivity index (χ4v) is 2.26. The van der Waals surface area contributed by atoms with Gasteiger partial charge < -0.3 is 15.0 Å². The monoisotopic (exact) mass is 270 g/mol. The SMILES string of the molecule is CCCN(CCC(NC1CC1)C(=O)OCC)C(C)C. The van der Waals surface area contributed by atoms with Gasteiger partial charge in [0.2, 0.25) is 0 Å².